The zero-order valence-corrected chi connectivity index (χ0v) is 12.4. The molecule has 19 heavy (non-hydrogen) atoms. The second-order valence-corrected chi connectivity index (χ2v) is 6.24. The molecule has 1 aliphatic heterocycles. The maximum atomic E-state index is 11.5. The van der Waals surface area contributed by atoms with E-state index in [1.54, 1.807) is 14.0 Å². The van der Waals surface area contributed by atoms with Crippen LogP contribution in [0.5, 0.6) is 11.5 Å². The van der Waals surface area contributed by atoms with Crippen molar-refractivity contribution >= 4 is 5.78 Å². The summed E-state index contributed by atoms with van der Waals surface area (Å²) in [6.45, 7) is 8.58. The lowest BCUT2D eigenvalue weighted by molar-refractivity contribution is -0.121. The van der Waals surface area contributed by atoms with Crippen LogP contribution in [-0.2, 0) is 16.6 Å². The van der Waals surface area contributed by atoms with Gasteiger partial charge >= 0.3 is 0 Å². The summed E-state index contributed by atoms with van der Waals surface area (Å²) in [5.74, 6) is 1.92. The van der Waals surface area contributed by atoms with Crippen LogP contribution in [0.25, 0.3) is 0 Å². The predicted molar refractivity (Wildman–Crippen MR) is 75.1 cm³/mol. The lowest BCUT2D eigenvalue weighted by atomic mass is 9.82. The number of carbonyl (C=O) groups excluding carboxylic acids is 1. The minimum Gasteiger partial charge on any atom is -0.497 e. The van der Waals surface area contributed by atoms with E-state index in [1.165, 1.54) is 0 Å². The molecule has 0 saturated heterocycles. The highest BCUT2D eigenvalue weighted by atomic mass is 16.5. The van der Waals surface area contributed by atoms with Gasteiger partial charge in [0.05, 0.1) is 19.6 Å². The third-order valence-corrected chi connectivity index (χ3v) is 3.65. The maximum Gasteiger partial charge on any atom is 0.136 e. The fourth-order valence-electron chi connectivity index (χ4n) is 2.43. The van der Waals surface area contributed by atoms with Crippen LogP contribution in [0.1, 0.15) is 38.8 Å². The van der Waals surface area contributed by atoms with Gasteiger partial charge in [0.1, 0.15) is 17.3 Å². The summed E-state index contributed by atoms with van der Waals surface area (Å²) >= 11 is 0. The fraction of sp³-hybridized carbons (Fsp3) is 0.562. The van der Waals surface area contributed by atoms with E-state index in [1.807, 2.05) is 12.1 Å². The molecule has 0 radical (unpaired) electrons. The number of methoxy groups -OCH3 is 1. The Morgan fingerprint density at radius 1 is 1.37 bits per heavy atom. The highest BCUT2D eigenvalue weighted by Gasteiger charge is 2.29. The van der Waals surface area contributed by atoms with Crippen molar-refractivity contribution in [2.75, 3.05) is 13.7 Å². The van der Waals surface area contributed by atoms with Crippen molar-refractivity contribution in [2.45, 2.75) is 39.5 Å². The number of carbonyl (C=O) groups is 1. The first-order valence-electron chi connectivity index (χ1n) is 6.67. The number of ketones is 1. The summed E-state index contributed by atoms with van der Waals surface area (Å²) in [6.07, 6.45) is 0.741. The van der Waals surface area contributed by atoms with Crippen molar-refractivity contribution in [1.82, 2.24) is 0 Å². The van der Waals surface area contributed by atoms with Gasteiger partial charge in [0.2, 0.25) is 0 Å². The Morgan fingerprint density at radius 2 is 2.05 bits per heavy atom. The van der Waals surface area contributed by atoms with Crippen molar-refractivity contribution in [3.05, 3.63) is 23.3 Å². The van der Waals surface area contributed by atoms with Crippen molar-refractivity contribution in [3.8, 4) is 11.5 Å². The third-order valence-electron chi connectivity index (χ3n) is 3.65. The lowest BCUT2D eigenvalue weighted by Gasteiger charge is -2.30. The topological polar surface area (TPSA) is 35.5 Å². The minimum absolute atomic E-state index is 0.0122. The van der Waals surface area contributed by atoms with Gasteiger partial charge in [-0.1, -0.05) is 20.8 Å². The molecule has 2 rings (SSSR count). The summed E-state index contributed by atoms with van der Waals surface area (Å²) in [4.78, 5) is 11.5. The molecule has 3 nitrogen and oxygen atoms in total. The van der Waals surface area contributed by atoms with Crippen LogP contribution in [0, 0.1) is 5.92 Å². The molecular weight excluding hydrogens is 240 g/mol. The van der Waals surface area contributed by atoms with Crippen molar-refractivity contribution in [3.63, 3.8) is 0 Å². The van der Waals surface area contributed by atoms with Gasteiger partial charge in [-0.15, -0.1) is 0 Å². The van der Waals surface area contributed by atoms with Gasteiger partial charge in [0.25, 0.3) is 0 Å². The molecule has 1 aliphatic rings. The molecule has 3 heteroatoms. The van der Waals surface area contributed by atoms with Crippen LogP contribution in [0.3, 0.4) is 0 Å². The number of ether oxygens (including phenoxy) is 2. The molecule has 0 N–H and O–H groups in total. The molecule has 0 fully saturated rings. The zero-order chi connectivity index (χ0) is 14.2. The standard InChI is InChI=1S/C16H22O3/c1-10(17)12-6-11-7-13(18-5)8-14(16(2,3)4)15(11)19-9-12/h7-8,12H,6,9H2,1-5H3. The molecule has 1 heterocycles. The molecule has 0 spiro atoms. The Kier molecular flexibility index (Phi) is 3.57. The van der Waals surface area contributed by atoms with E-state index in [0.717, 1.165) is 29.0 Å². The van der Waals surface area contributed by atoms with Gasteiger partial charge in [-0.2, -0.15) is 0 Å². The van der Waals surface area contributed by atoms with Crippen LogP contribution < -0.4 is 9.47 Å². The average molecular weight is 262 g/mol. The summed E-state index contributed by atoms with van der Waals surface area (Å²) in [6, 6.07) is 4.02. The Bertz CT molecular complexity index is 497. The van der Waals surface area contributed by atoms with E-state index in [9.17, 15) is 4.79 Å². The van der Waals surface area contributed by atoms with E-state index in [-0.39, 0.29) is 17.1 Å². The van der Waals surface area contributed by atoms with Gasteiger partial charge in [-0.3, -0.25) is 4.79 Å². The summed E-state index contributed by atoms with van der Waals surface area (Å²) in [5, 5.41) is 0. The Morgan fingerprint density at radius 3 is 2.58 bits per heavy atom. The SMILES string of the molecule is COc1cc2c(c(C(C)(C)C)c1)OCC(C(C)=O)C2. The number of hydrogen-bond acceptors (Lipinski definition) is 3. The smallest absolute Gasteiger partial charge is 0.136 e. The molecule has 1 aromatic carbocycles. The highest BCUT2D eigenvalue weighted by Crippen LogP contribution is 2.40. The highest BCUT2D eigenvalue weighted by molar-refractivity contribution is 5.79. The van der Waals surface area contributed by atoms with E-state index in [0.29, 0.717) is 6.61 Å². The number of fused-ring (bicyclic) bond motifs is 1. The first-order valence-corrected chi connectivity index (χ1v) is 6.67. The summed E-state index contributed by atoms with van der Waals surface area (Å²) in [7, 11) is 1.67. The van der Waals surface area contributed by atoms with Gasteiger partial charge in [0, 0.05) is 5.56 Å². The van der Waals surface area contributed by atoms with Crippen LogP contribution >= 0.6 is 0 Å². The number of hydrogen-bond donors (Lipinski definition) is 0. The van der Waals surface area contributed by atoms with Crippen LogP contribution in [0.2, 0.25) is 0 Å². The molecule has 0 saturated carbocycles. The Labute approximate surface area is 114 Å². The normalized spacial score (nSPS) is 18.5. The average Bonchev–Trinajstić information content (AvgIpc) is 2.35. The number of benzene rings is 1. The third kappa shape index (κ3) is 2.75. The monoisotopic (exact) mass is 262 g/mol. The predicted octanol–water partition coefficient (Wildman–Crippen LogP) is 3.13. The van der Waals surface area contributed by atoms with E-state index in [2.05, 4.69) is 20.8 Å². The minimum atomic E-state index is -0.0348. The second-order valence-electron chi connectivity index (χ2n) is 6.24. The Balaban J connectivity index is 2.49. The lowest BCUT2D eigenvalue weighted by Crippen LogP contribution is -2.28. The van der Waals surface area contributed by atoms with Crippen LogP contribution in [0.4, 0.5) is 0 Å². The first kappa shape index (κ1) is 13.9. The van der Waals surface area contributed by atoms with Crippen molar-refractivity contribution < 1.29 is 14.3 Å². The van der Waals surface area contributed by atoms with Gasteiger partial charge in [-0.25, -0.2) is 0 Å². The molecule has 1 atom stereocenters. The first-order chi connectivity index (χ1) is 8.82. The van der Waals surface area contributed by atoms with Crippen molar-refractivity contribution in [1.29, 1.82) is 0 Å². The maximum absolute atomic E-state index is 11.5. The zero-order valence-electron chi connectivity index (χ0n) is 12.4. The molecule has 0 bridgehead atoms. The molecule has 0 amide bonds. The molecule has 1 aromatic rings. The molecular formula is C16H22O3. The number of Topliss-reactive ketones (excluding diaryl/α,β-unsaturated/α-hetero) is 1. The molecule has 0 aliphatic carbocycles. The van der Waals surface area contributed by atoms with Gasteiger partial charge in [-0.05, 0) is 36.5 Å². The summed E-state index contributed by atoms with van der Waals surface area (Å²) < 4.78 is 11.2. The van der Waals surface area contributed by atoms with Crippen LogP contribution in [0.15, 0.2) is 12.1 Å². The van der Waals surface area contributed by atoms with Gasteiger partial charge in [0.15, 0.2) is 0 Å². The molecule has 104 valence electrons. The van der Waals surface area contributed by atoms with Gasteiger partial charge < -0.3 is 9.47 Å². The second kappa shape index (κ2) is 4.87. The Hall–Kier alpha value is -1.51. The molecule has 0 aromatic heterocycles. The van der Waals surface area contributed by atoms with Crippen molar-refractivity contribution in [2.24, 2.45) is 5.92 Å². The quantitative estimate of drug-likeness (QED) is 0.821. The number of rotatable bonds is 2. The molecule has 1 unspecified atom stereocenters. The van der Waals surface area contributed by atoms with E-state index < -0.39 is 0 Å². The van der Waals surface area contributed by atoms with Crippen LogP contribution in [-0.4, -0.2) is 19.5 Å². The fourth-order valence-corrected chi connectivity index (χ4v) is 2.43. The van der Waals surface area contributed by atoms with E-state index >= 15 is 0 Å². The van der Waals surface area contributed by atoms with E-state index in [4.69, 9.17) is 9.47 Å². The largest absolute Gasteiger partial charge is 0.497 e. The summed E-state index contributed by atoms with van der Waals surface area (Å²) in [5.41, 5.74) is 2.21.